The number of alkyl halides is 3. The van der Waals surface area contributed by atoms with Gasteiger partial charge in [0.15, 0.2) is 0 Å². The van der Waals surface area contributed by atoms with Gasteiger partial charge in [0.05, 0.1) is 36.3 Å². The van der Waals surface area contributed by atoms with E-state index in [1.54, 1.807) is 7.11 Å². The normalized spacial score (nSPS) is 36.7. The summed E-state index contributed by atoms with van der Waals surface area (Å²) in [7, 11) is 1.70. The molecule has 4 heterocycles. The Morgan fingerprint density at radius 1 is 1.08 bits per heavy atom. The van der Waals surface area contributed by atoms with Gasteiger partial charge in [0.25, 0.3) is 0 Å². The molecule has 1 saturated carbocycles. The maximum Gasteiger partial charge on any atom is 0.416 e. The second-order valence-electron chi connectivity index (χ2n) is 11.9. The van der Waals surface area contributed by atoms with E-state index in [1.165, 1.54) is 0 Å². The molecule has 5 aliphatic rings. The molecule has 1 aromatic rings. The van der Waals surface area contributed by atoms with Crippen molar-refractivity contribution in [3.05, 3.63) is 29.6 Å². The first kappa shape index (κ1) is 27.2. The third-order valence-corrected chi connectivity index (χ3v) is 9.79. The van der Waals surface area contributed by atoms with E-state index in [4.69, 9.17) is 14.2 Å². The van der Waals surface area contributed by atoms with E-state index < -0.39 is 23.0 Å². The number of fused-ring (bicyclic) bond motifs is 2. The largest absolute Gasteiger partial charge is 0.416 e. The van der Waals surface area contributed by atoms with Gasteiger partial charge < -0.3 is 29.3 Å². The lowest BCUT2D eigenvalue weighted by Crippen LogP contribution is -2.55. The van der Waals surface area contributed by atoms with E-state index in [9.17, 15) is 22.4 Å². The fraction of sp³-hybridized carbons (Fsp3) is 0.750. The molecule has 7 atom stereocenters. The number of piperazine rings is 1. The highest BCUT2D eigenvalue weighted by molar-refractivity contribution is 5.85. The van der Waals surface area contributed by atoms with Crippen LogP contribution in [-0.2, 0) is 25.2 Å². The van der Waals surface area contributed by atoms with Gasteiger partial charge in [0, 0.05) is 57.2 Å². The van der Waals surface area contributed by atoms with Crippen LogP contribution in [0.5, 0.6) is 0 Å². The number of amides is 1. The molecule has 1 aromatic carbocycles. The van der Waals surface area contributed by atoms with Crippen molar-refractivity contribution in [1.29, 1.82) is 0 Å². The van der Waals surface area contributed by atoms with Crippen LogP contribution in [0.25, 0.3) is 0 Å². The predicted octanol–water partition coefficient (Wildman–Crippen LogP) is 3.60. The number of anilines is 1. The minimum Gasteiger partial charge on any atom is -0.381 e. The molecular weight excluding hydrogens is 518 g/mol. The van der Waals surface area contributed by atoms with Gasteiger partial charge in [-0.3, -0.25) is 4.79 Å². The lowest BCUT2D eigenvalue weighted by molar-refractivity contribution is -0.147. The molecular formula is C28H37F4N3O4. The van der Waals surface area contributed by atoms with Crippen molar-refractivity contribution >= 4 is 11.6 Å². The Kier molecular flexibility index (Phi) is 7.31. The third kappa shape index (κ3) is 5.04. The third-order valence-electron chi connectivity index (χ3n) is 9.79. The number of hydrogen-bond acceptors (Lipinski definition) is 6. The average Bonchev–Trinajstić information content (AvgIpc) is 3.72. The number of ether oxygens (including phenoxy) is 3. The van der Waals surface area contributed by atoms with Crippen molar-refractivity contribution in [3.8, 4) is 0 Å². The van der Waals surface area contributed by atoms with Crippen molar-refractivity contribution in [2.75, 3.05) is 51.5 Å². The summed E-state index contributed by atoms with van der Waals surface area (Å²) in [5.41, 5.74) is -1.27. The Labute approximate surface area is 226 Å². The molecule has 0 aromatic heterocycles. The summed E-state index contributed by atoms with van der Waals surface area (Å²) in [6.45, 7) is 3.34. The van der Waals surface area contributed by atoms with Crippen LogP contribution in [0.3, 0.4) is 0 Å². The van der Waals surface area contributed by atoms with Gasteiger partial charge in [0.1, 0.15) is 5.82 Å². The van der Waals surface area contributed by atoms with Crippen molar-refractivity contribution in [1.82, 2.24) is 10.2 Å². The van der Waals surface area contributed by atoms with E-state index >= 15 is 0 Å². The minimum absolute atomic E-state index is 0.0137. The SMILES string of the molecule is CO[C@@H]1COCC[C@@H]1N[C@@H]1CC[C@@](C(=O)N2C[C@@H]3C[C@H]2CN3c2cc(F)cc(C(F)(F)F)c2)(C2CCOC2)C1. The second kappa shape index (κ2) is 10.5. The summed E-state index contributed by atoms with van der Waals surface area (Å²) in [6.07, 6.45) is 0.194. The average molecular weight is 556 g/mol. The van der Waals surface area contributed by atoms with E-state index in [2.05, 4.69) is 5.32 Å². The Bertz CT molecular complexity index is 1070. The van der Waals surface area contributed by atoms with Crippen LogP contribution in [0.4, 0.5) is 23.2 Å². The fourth-order valence-corrected chi connectivity index (χ4v) is 7.79. The molecule has 39 heavy (non-hydrogen) atoms. The molecule has 7 nitrogen and oxygen atoms in total. The molecule has 1 unspecified atom stereocenters. The van der Waals surface area contributed by atoms with Crippen molar-refractivity contribution < 1.29 is 36.6 Å². The number of carbonyl (C=O) groups is 1. The number of nitrogens with zero attached hydrogens (tertiary/aromatic N) is 2. The Balaban J connectivity index is 1.17. The van der Waals surface area contributed by atoms with Crippen LogP contribution in [0, 0.1) is 17.2 Å². The zero-order valence-electron chi connectivity index (χ0n) is 22.2. The van der Waals surface area contributed by atoms with Gasteiger partial charge in [-0.05, 0) is 62.6 Å². The zero-order chi connectivity index (χ0) is 27.4. The molecule has 5 fully saturated rings. The number of methoxy groups -OCH3 is 1. The summed E-state index contributed by atoms with van der Waals surface area (Å²) in [5, 5.41) is 3.78. The number of rotatable bonds is 6. The first-order valence-electron chi connectivity index (χ1n) is 14.1. The molecule has 6 rings (SSSR count). The van der Waals surface area contributed by atoms with Crippen LogP contribution in [0.2, 0.25) is 0 Å². The highest BCUT2D eigenvalue weighted by Gasteiger charge is 2.57. The Hall–Kier alpha value is -1.95. The van der Waals surface area contributed by atoms with Crippen molar-refractivity contribution in [2.45, 2.75) is 75.0 Å². The van der Waals surface area contributed by atoms with Crippen LogP contribution in [0.1, 0.15) is 44.1 Å². The Morgan fingerprint density at radius 3 is 2.56 bits per heavy atom. The highest BCUT2D eigenvalue weighted by Crippen LogP contribution is 2.51. The van der Waals surface area contributed by atoms with Crippen LogP contribution < -0.4 is 10.2 Å². The lowest BCUT2D eigenvalue weighted by atomic mass is 9.71. The zero-order valence-corrected chi connectivity index (χ0v) is 22.2. The monoisotopic (exact) mass is 555 g/mol. The van der Waals surface area contributed by atoms with Crippen LogP contribution >= 0.6 is 0 Å². The van der Waals surface area contributed by atoms with Gasteiger partial charge in [0.2, 0.25) is 5.91 Å². The number of nitrogens with one attached hydrogen (secondary N) is 1. The molecule has 0 radical (unpaired) electrons. The number of benzene rings is 1. The lowest BCUT2D eigenvalue weighted by Gasteiger charge is -2.42. The molecule has 11 heteroatoms. The molecule has 0 spiro atoms. The first-order chi connectivity index (χ1) is 18.7. The van der Waals surface area contributed by atoms with E-state index in [0.717, 1.165) is 44.2 Å². The van der Waals surface area contributed by atoms with Gasteiger partial charge in [-0.15, -0.1) is 0 Å². The molecule has 2 bridgehead atoms. The number of carbonyl (C=O) groups excluding carboxylic acids is 1. The van der Waals surface area contributed by atoms with Crippen LogP contribution in [0.15, 0.2) is 18.2 Å². The molecule has 1 N–H and O–H groups in total. The number of halogens is 4. The highest BCUT2D eigenvalue weighted by atomic mass is 19.4. The summed E-state index contributed by atoms with van der Waals surface area (Å²) in [4.78, 5) is 18.2. The maximum atomic E-state index is 14.4. The first-order valence-corrected chi connectivity index (χ1v) is 14.1. The summed E-state index contributed by atoms with van der Waals surface area (Å²) >= 11 is 0. The molecule has 4 saturated heterocycles. The van der Waals surface area contributed by atoms with Gasteiger partial charge >= 0.3 is 6.18 Å². The topological polar surface area (TPSA) is 63.3 Å². The fourth-order valence-electron chi connectivity index (χ4n) is 7.79. The van der Waals surface area contributed by atoms with Crippen LogP contribution in [-0.4, -0.2) is 87.7 Å². The maximum absolute atomic E-state index is 14.4. The predicted molar refractivity (Wildman–Crippen MR) is 135 cm³/mol. The molecule has 4 aliphatic heterocycles. The van der Waals surface area contributed by atoms with E-state index in [0.29, 0.717) is 52.0 Å². The second-order valence-corrected chi connectivity index (χ2v) is 11.9. The standard InChI is InChI=1S/C28H37F4N3O4/c1-37-25-16-39-7-4-24(25)33-20-2-5-27(12-20,17-3-6-38-15-17)26(36)35-14-22-11-23(35)13-34(22)21-9-18(28(30,31)32)8-19(29)10-21/h8-10,17,20,22-25,33H,2-7,11-16H2,1H3/t17?,20-,22+,23+,24+,25-,27+/m1/s1. The van der Waals surface area contributed by atoms with Gasteiger partial charge in [-0.2, -0.15) is 13.2 Å². The van der Waals surface area contributed by atoms with Gasteiger partial charge in [-0.25, -0.2) is 4.39 Å². The van der Waals surface area contributed by atoms with Crippen molar-refractivity contribution in [3.63, 3.8) is 0 Å². The molecule has 216 valence electrons. The quantitative estimate of drug-likeness (QED) is 0.542. The molecule has 1 amide bonds. The van der Waals surface area contributed by atoms with Crippen molar-refractivity contribution in [2.24, 2.45) is 11.3 Å². The summed E-state index contributed by atoms with van der Waals surface area (Å²) in [6, 6.07) is 2.86. The molecule has 1 aliphatic carbocycles. The summed E-state index contributed by atoms with van der Waals surface area (Å²) in [5.74, 6) is -0.599. The summed E-state index contributed by atoms with van der Waals surface area (Å²) < 4.78 is 71.0. The minimum atomic E-state index is -4.62. The van der Waals surface area contributed by atoms with E-state index in [1.807, 2.05) is 9.80 Å². The Morgan fingerprint density at radius 2 is 1.87 bits per heavy atom. The number of hydrogen-bond donors (Lipinski definition) is 1. The van der Waals surface area contributed by atoms with Gasteiger partial charge in [-0.1, -0.05) is 0 Å². The van der Waals surface area contributed by atoms with E-state index in [-0.39, 0.29) is 47.8 Å². The number of likely N-dealkylation sites (tertiary alicyclic amines) is 1. The smallest absolute Gasteiger partial charge is 0.381 e.